The highest BCUT2D eigenvalue weighted by Gasteiger charge is 2.33. The number of carbonyl (C=O) groups is 1. The molecule has 0 aliphatic carbocycles. The van der Waals surface area contributed by atoms with Gasteiger partial charge in [0.15, 0.2) is 10.7 Å². The van der Waals surface area contributed by atoms with Gasteiger partial charge in [0.2, 0.25) is 0 Å². The molecule has 8 heteroatoms. The van der Waals surface area contributed by atoms with E-state index >= 15 is 0 Å². The number of ether oxygens (including phenoxy) is 1. The van der Waals surface area contributed by atoms with Crippen LogP contribution in [0.4, 0.5) is 5.88 Å². The molecule has 0 unspecified atom stereocenters. The maximum absolute atomic E-state index is 13.4. The predicted octanol–water partition coefficient (Wildman–Crippen LogP) is 2.46. The van der Waals surface area contributed by atoms with Crippen LogP contribution >= 0.6 is 11.3 Å². The first-order valence-corrected chi connectivity index (χ1v) is 10.7. The minimum absolute atomic E-state index is 0.225. The molecule has 1 atom stereocenters. The maximum Gasteiger partial charge on any atom is 0.338 e. The Morgan fingerprint density at radius 2 is 2.00 bits per heavy atom. The van der Waals surface area contributed by atoms with Crippen LogP contribution in [0.5, 0.6) is 0 Å². The number of methoxy groups -OCH3 is 1. The summed E-state index contributed by atoms with van der Waals surface area (Å²) < 4.78 is 12.9. The van der Waals surface area contributed by atoms with Gasteiger partial charge in [-0.2, -0.15) is 0 Å². The zero-order chi connectivity index (χ0) is 22.1. The molecule has 0 bridgehead atoms. The van der Waals surface area contributed by atoms with E-state index in [0.717, 1.165) is 5.56 Å². The molecule has 3 aromatic rings. The molecular weight excluding hydrogens is 414 g/mol. The van der Waals surface area contributed by atoms with E-state index in [1.807, 2.05) is 68.4 Å². The van der Waals surface area contributed by atoms with E-state index in [1.54, 1.807) is 10.6 Å². The van der Waals surface area contributed by atoms with Gasteiger partial charge in [-0.05, 0) is 18.1 Å². The molecule has 0 radical (unpaired) electrons. The standard InChI is InChI=1S/C23H23N3O4S/c1-5-16-19(22(28)29-4)20(14-9-7-6-8-10-14)26-21(27)17(31-23(26)24-16)13-15-11-12-18(30-15)25(2)3/h6-13,20H,5H2,1-4H3/b17-13-/t20-/m1/s1. The van der Waals surface area contributed by atoms with Crippen LogP contribution in [0.3, 0.4) is 0 Å². The molecule has 3 heterocycles. The second kappa shape index (κ2) is 8.39. The van der Waals surface area contributed by atoms with Crippen molar-refractivity contribution >= 4 is 29.3 Å². The molecule has 1 aliphatic rings. The summed E-state index contributed by atoms with van der Waals surface area (Å²) in [6.07, 6.45) is 2.26. The fraction of sp³-hybridized carbons (Fsp3) is 0.261. The quantitative estimate of drug-likeness (QED) is 0.573. The first-order valence-electron chi connectivity index (χ1n) is 9.89. The number of hydrogen-bond donors (Lipinski definition) is 0. The van der Waals surface area contributed by atoms with E-state index in [-0.39, 0.29) is 5.56 Å². The molecule has 31 heavy (non-hydrogen) atoms. The van der Waals surface area contributed by atoms with Gasteiger partial charge in [0.1, 0.15) is 5.76 Å². The number of nitrogens with zero attached hydrogens (tertiary/aromatic N) is 3. The Morgan fingerprint density at radius 3 is 2.61 bits per heavy atom. The van der Waals surface area contributed by atoms with E-state index in [0.29, 0.717) is 38.7 Å². The summed E-state index contributed by atoms with van der Waals surface area (Å²) in [5.74, 6) is 0.793. The lowest BCUT2D eigenvalue weighted by Gasteiger charge is -2.25. The topological polar surface area (TPSA) is 77.0 Å². The van der Waals surface area contributed by atoms with E-state index in [1.165, 1.54) is 18.4 Å². The van der Waals surface area contributed by atoms with Gasteiger partial charge in [-0.15, -0.1) is 0 Å². The summed E-state index contributed by atoms with van der Waals surface area (Å²) in [6, 6.07) is 12.5. The average Bonchev–Trinajstić information content (AvgIpc) is 3.37. The zero-order valence-corrected chi connectivity index (χ0v) is 18.6. The van der Waals surface area contributed by atoms with Crippen molar-refractivity contribution in [2.45, 2.75) is 19.4 Å². The van der Waals surface area contributed by atoms with Crippen molar-refractivity contribution in [2.75, 3.05) is 26.1 Å². The first-order chi connectivity index (χ1) is 14.9. The van der Waals surface area contributed by atoms with E-state index < -0.39 is 12.0 Å². The molecule has 160 valence electrons. The number of hydrogen-bond acceptors (Lipinski definition) is 7. The van der Waals surface area contributed by atoms with Crippen LogP contribution in [0.25, 0.3) is 6.08 Å². The van der Waals surface area contributed by atoms with Crippen LogP contribution in [0.15, 0.2) is 67.9 Å². The lowest BCUT2D eigenvalue weighted by Crippen LogP contribution is -2.40. The van der Waals surface area contributed by atoms with Crippen LogP contribution in [0, 0.1) is 0 Å². The Labute approximate surface area is 183 Å². The molecule has 0 saturated carbocycles. The summed E-state index contributed by atoms with van der Waals surface area (Å²) >= 11 is 1.28. The van der Waals surface area contributed by atoms with Crippen LogP contribution < -0.4 is 19.8 Å². The zero-order valence-electron chi connectivity index (χ0n) is 17.8. The molecule has 0 saturated heterocycles. The van der Waals surface area contributed by atoms with E-state index in [9.17, 15) is 9.59 Å². The SMILES string of the molecule is CCC1=C(C(=O)OC)[C@@H](c2ccccc2)n2c(s/c(=C\c3ccc(N(C)C)o3)c2=O)=N1. The third kappa shape index (κ3) is 3.74. The number of carbonyl (C=O) groups excluding carboxylic acids is 1. The normalized spacial score (nSPS) is 16.1. The summed E-state index contributed by atoms with van der Waals surface area (Å²) in [4.78, 5) is 33.2. The van der Waals surface area contributed by atoms with Gasteiger partial charge in [0.25, 0.3) is 5.56 Å². The van der Waals surface area contributed by atoms with Crippen molar-refractivity contribution in [2.24, 2.45) is 4.99 Å². The summed E-state index contributed by atoms with van der Waals surface area (Å²) in [6.45, 7) is 1.93. The number of anilines is 1. The lowest BCUT2D eigenvalue weighted by atomic mass is 9.95. The monoisotopic (exact) mass is 437 g/mol. The minimum Gasteiger partial charge on any atom is -0.466 e. The third-order valence-electron chi connectivity index (χ3n) is 5.09. The number of thiazole rings is 1. The van der Waals surface area contributed by atoms with Crippen molar-refractivity contribution in [3.63, 3.8) is 0 Å². The van der Waals surface area contributed by atoms with Gasteiger partial charge in [0.05, 0.1) is 29.0 Å². The summed E-state index contributed by atoms with van der Waals surface area (Å²) in [5, 5.41) is 0. The summed E-state index contributed by atoms with van der Waals surface area (Å²) in [7, 11) is 5.11. The highest BCUT2D eigenvalue weighted by atomic mass is 32.1. The Kier molecular flexibility index (Phi) is 5.65. The van der Waals surface area contributed by atoms with Gasteiger partial charge in [-0.1, -0.05) is 48.6 Å². The van der Waals surface area contributed by atoms with E-state index in [2.05, 4.69) is 4.99 Å². The van der Waals surface area contributed by atoms with Crippen LogP contribution in [0.1, 0.15) is 30.7 Å². The van der Waals surface area contributed by atoms with Gasteiger partial charge in [0, 0.05) is 26.2 Å². The predicted molar refractivity (Wildman–Crippen MR) is 120 cm³/mol. The van der Waals surface area contributed by atoms with Crippen molar-refractivity contribution < 1.29 is 13.9 Å². The van der Waals surface area contributed by atoms with Crippen LogP contribution in [-0.2, 0) is 9.53 Å². The molecule has 0 fully saturated rings. The largest absolute Gasteiger partial charge is 0.466 e. The lowest BCUT2D eigenvalue weighted by molar-refractivity contribution is -0.136. The number of esters is 1. The smallest absolute Gasteiger partial charge is 0.338 e. The van der Waals surface area contributed by atoms with Crippen molar-refractivity contribution in [1.82, 2.24) is 4.57 Å². The Bertz CT molecular complexity index is 1330. The van der Waals surface area contributed by atoms with Crippen molar-refractivity contribution in [1.29, 1.82) is 0 Å². The van der Waals surface area contributed by atoms with Gasteiger partial charge < -0.3 is 14.1 Å². The maximum atomic E-state index is 13.4. The minimum atomic E-state index is -0.601. The highest BCUT2D eigenvalue weighted by Crippen LogP contribution is 2.31. The molecule has 1 aromatic carbocycles. The number of furan rings is 1. The Balaban J connectivity index is 1.96. The molecule has 1 aliphatic heterocycles. The number of benzene rings is 1. The number of rotatable bonds is 5. The fourth-order valence-electron chi connectivity index (χ4n) is 3.60. The number of fused-ring (bicyclic) bond motifs is 1. The molecule has 0 spiro atoms. The first kappa shape index (κ1) is 20.9. The number of allylic oxidation sites excluding steroid dienone is 1. The Hall–Kier alpha value is -3.39. The molecule has 0 N–H and O–H groups in total. The fourth-order valence-corrected chi connectivity index (χ4v) is 4.60. The van der Waals surface area contributed by atoms with Crippen molar-refractivity contribution in [3.8, 4) is 0 Å². The van der Waals surface area contributed by atoms with Gasteiger partial charge in [-0.25, -0.2) is 9.79 Å². The van der Waals surface area contributed by atoms with Crippen molar-refractivity contribution in [3.05, 3.63) is 84.7 Å². The highest BCUT2D eigenvalue weighted by molar-refractivity contribution is 7.07. The number of aromatic nitrogens is 1. The molecule has 0 amide bonds. The summed E-state index contributed by atoms with van der Waals surface area (Å²) in [5.41, 5.74) is 1.62. The van der Waals surface area contributed by atoms with E-state index in [4.69, 9.17) is 9.15 Å². The van der Waals surface area contributed by atoms with Gasteiger partial charge >= 0.3 is 5.97 Å². The van der Waals surface area contributed by atoms with Crippen LogP contribution in [0.2, 0.25) is 0 Å². The molecule has 2 aromatic heterocycles. The van der Waals surface area contributed by atoms with Gasteiger partial charge in [-0.3, -0.25) is 9.36 Å². The Morgan fingerprint density at radius 1 is 1.26 bits per heavy atom. The van der Waals surface area contributed by atoms with Crippen LogP contribution in [-0.4, -0.2) is 31.7 Å². The average molecular weight is 438 g/mol. The second-order valence-corrected chi connectivity index (χ2v) is 8.28. The molecular formula is C23H23N3O4S. The second-order valence-electron chi connectivity index (χ2n) is 7.27. The molecule has 7 nitrogen and oxygen atoms in total. The molecule has 4 rings (SSSR count). The third-order valence-corrected chi connectivity index (χ3v) is 6.08.